The van der Waals surface area contributed by atoms with Gasteiger partial charge in [0.15, 0.2) is 0 Å². The van der Waals surface area contributed by atoms with Crippen LogP contribution in [0.4, 0.5) is 5.82 Å². The summed E-state index contributed by atoms with van der Waals surface area (Å²) in [5.41, 5.74) is 1.88. The second kappa shape index (κ2) is 4.90. The van der Waals surface area contributed by atoms with Gasteiger partial charge < -0.3 is 10.0 Å². The number of piperidine rings is 1. The minimum atomic E-state index is 0.303. The van der Waals surface area contributed by atoms with E-state index in [4.69, 9.17) is 5.11 Å². The molecule has 0 amide bonds. The summed E-state index contributed by atoms with van der Waals surface area (Å²) in [5.74, 6) is 1.40. The van der Waals surface area contributed by atoms with Crippen LogP contribution in [0.5, 0.6) is 0 Å². The molecular weight excluding hydrogens is 226 g/mol. The maximum atomic E-state index is 9.14. The summed E-state index contributed by atoms with van der Waals surface area (Å²) in [5, 5.41) is 9.14. The van der Waals surface area contributed by atoms with E-state index in [-0.39, 0.29) is 0 Å². The molecule has 18 heavy (non-hydrogen) atoms. The number of nitrogens with zero attached hydrogens (tertiary/aromatic N) is 3. The molecule has 0 atom stereocenters. The van der Waals surface area contributed by atoms with Crippen LogP contribution in [0.1, 0.15) is 12.8 Å². The van der Waals surface area contributed by atoms with E-state index in [2.05, 4.69) is 14.9 Å². The lowest BCUT2D eigenvalue weighted by Crippen LogP contribution is -2.35. The Morgan fingerprint density at radius 2 is 1.89 bits per heavy atom. The highest BCUT2D eigenvalue weighted by Gasteiger charge is 2.19. The first-order chi connectivity index (χ1) is 8.86. The molecule has 1 aliphatic rings. The molecule has 1 N–H and O–H groups in total. The van der Waals surface area contributed by atoms with Crippen molar-refractivity contribution in [2.45, 2.75) is 12.8 Å². The lowest BCUT2D eigenvalue weighted by atomic mass is 9.98. The standard InChI is InChI=1S/C14H17N3O/c18-10-11-5-7-17(8-6-11)14-9-15-12-3-1-2-4-13(12)16-14/h1-4,9,11,18H,5-8,10H2. The van der Waals surface area contributed by atoms with E-state index in [9.17, 15) is 0 Å². The fourth-order valence-electron chi connectivity index (χ4n) is 2.44. The van der Waals surface area contributed by atoms with Crippen molar-refractivity contribution in [3.05, 3.63) is 30.5 Å². The van der Waals surface area contributed by atoms with Crippen LogP contribution >= 0.6 is 0 Å². The van der Waals surface area contributed by atoms with E-state index in [1.165, 1.54) is 0 Å². The van der Waals surface area contributed by atoms with Gasteiger partial charge in [0, 0.05) is 19.7 Å². The van der Waals surface area contributed by atoms with Crippen LogP contribution in [0.15, 0.2) is 30.5 Å². The smallest absolute Gasteiger partial charge is 0.147 e. The minimum absolute atomic E-state index is 0.303. The van der Waals surface area contributed by atoms with E-state index in [1.807, 2.05) is 30.5 Å². The number of aliphatic hydroxyl groups is 1. The van der Waals surface area contributed by atoms with Crippen LogP contribution in [0, 0.1) is 5.92 Å². The third kappa shape index (κ3) is 2.16. The van der Waals surface area contributed by atoms with Crippen molar-refractivity contribution in [2.24, 2.45) is 5.92 Å². The van der Waals surface area contributed by atoms with Gasteiger partial charge in [-0.25, -0.2) is 4.98 Å². The number of fused-ring (bicyclic) bond motifs is 1. The van der Waals surface area contributed by atoms with Gasteiger partial charge in [0.1, 0.15) is 5.82 Å². The quantitative estimate of drug-likeness (QED) is 0.874. The lowest BCUT2D eigenvalue weighted by molar-refractivity contribution is 0.203. The van der Waals surface area contributed by atoms with E-state index in [1.54, 1.807) is 0 Å². The van der Waals surface area contributed by atoms with Gasteiger partial charge in [-0.15, -0.1) is 0 Å². The summed E-state index contributed by atoms with van der Waals surface area (Å²) in [6.45, 7) is 2.22. The highest BCUT2D eigenvalue weighted by molar-refractivity contribution is 5.75. The Bertz CT molecular complexity index is 535. The molecule has 0 spiro atoms. The third-order valence-corrected chi connectivity index (χ3v) is 3.63. The third-order valence-electron chi connectivity index (χ3n) is 3.63. The van der Waals surface area contributed by atoms with Crippen LogP contribution in [-0.2, 0) is 0 Å². The predicted octanol–water partition coefficient (Wildman–Crippen LogP) is 1.84. The van der Waals surface area contributed by atoms with Gasteiger partial charge in [0.2, 0.25) is 0 Å². The van der Waals surface area contributed by atoms with Crippen molar-refractivity contribution in [2.75, 3.05) is 24.6 Å². The van der Waals surface area contributed by atoms with Gasteiger partial charge >= 0.3 is 0 Å². The molecule has 1 aromatic carbocycles. The summed E-state index contributed by atoms with van der Waals surface area (Å²) in [4.78, 5) is 11.3. The molecule has 1 saturated heterocycles. The molecule has 94 valence electrons. The van der Waals surface area contributed by atoms with Gasteiger partial charge in [-0.05, 0) is 30.9 Å². The van der Waals surface area contributed by atoms with Crippen LogP contribution in [0.3, 0.4) is 0 Å². The summed E-state index contributed by atoms with van der Waals surface area (Å²) in [7, 11) is 0. The van der Waals surface area contributed by atoms with Gasteiger partial charge in [-0.3, -0.25) is 4.98 Å². The average Bonchev–Trinajstić information content (AvgIpc) is 2.47. The fourth-order valence-corrected chi connectivity index (χ4v) is 2.44. The molecule has 1 aromatic heterocycles. The Morgan fingerprint density at radius 1 is 1.17 bits per heavy atom. The number of hydrogen-bond acceptors (Lipinski definition) is 4. The first-order valence-corrected chi connectivity index (χ1v) is 6.44. The first-order valence-electron chi connectivity index (χ1n) is 6.44. The minimum Gasteiger partial charge on any atom is -0.396 e. The zero-order valence-corrected chi connectivity index (χ0v) is 10.3. The second-order valence-electron chi connectivity index (χ2n) is 4.83. The molecule has 4 nitrogen and oxygen atoms in total. The molecule has 0 saturated carbocycles. The Hall–Kier alpha value is -1.68. The number of hydrogen-bond donors (Lipinski definition) is 1. The molecule has 2 aromatic rings. The summed E-state index contributed by atoms with van der Waals surface area (Å²) in [6, 6.07) is 7.93. The Morgan fingerprint density at radius 3 is 2.61 bits per heavy atom. The molecule has 0 unspecified atom stereocenters. The second-order valence-corrected chi connectivity index (χ2v) is 4.83. The molecular formula is C14H17N3O. The van der Waals surface area contributed by atoms with E-state index >= 15 is 0 Å². The predicted molar refractivity (Wildman–Crippen MR) is 71.6 cm³/mol. The zero-order chi connectivity index (χ0) is 12.4. The van der Waals surface area contributed by atoms with Crippen molar-refractivity contribution in [1.82, 2.24) is 9.97 Å². The Kier molecular flexibility index (Phi) is 3.11. The highest BCUT2D eigenvalue weighted by Crippen LogP contribution is 2.22. The SMILES string of the molecule is OCC1CCN(c2cnc3ccccc3n2)CC1. The van der Waals surface area contributed by atoms with Crippen molar-refractivity contribution in [1.29, 1.82) is 0 Å². The van der Waals surface area contributed by atoms with Crippen molar-refractivity contribution in [3.63, 3.8) is 0 Å². The first kappa shape index (κ1) is 11.4. The van der Waals surface area contributed by atoms with Crippen molar-refractivity contribution in [3.8, 4) is 0 Å². The molecule has 2 heterocycles. The van der Waals surface area contributed by atoms with Crippen LogP contribution in [0.25, 0.3) is 11.0 Å². The highest BCUT2D eigenvalue weighted by atomic mass is 16.3. The number of rotatable bonds is 2. The van der Waals surface area contributed by atoms with E-state index in [0.29, 0.717) is 12.5 Å². The molecule has 3 rings (SSSR count). The van der Waals surface area contributed by atoms with Gasteiger partial charge in [0.05, 0.1) is 17.2 Å². The fraction of sp³-hybridized carbons (Fsp3) is 0.429. The van der Waals surface area contributed by atoms with Crippen molar-refractivity contribution < 1.29 is 5.11 Å². The Balaban J connectivity index is 1.82. The lowest BCUT2D eigenvalue weighted by Gasteiger charge is -2.31. The number of aliphatic hydroxyl groups excluding tert-OH is 1. The molecule has 0 aliphatic carbocycles. The van der Waals surface area contributed by atoms with Crippen LogP contribution in [-0.4, -0.2) is 34.8 Å². The maximum Gasteiger partial charge on any atom is 0.147 e. The molecule has 1 aliphatic heterocycles. The largest absolute Gasteiger partial charge is 0.396 e. The topological polar surface area (TPSA) is 49.2 Å². The van der Waals surface area contributed by atoms with Gasteiger partial charge in [0.25, 0.3) is 0 Å². The van der Waals surface area contributed by atoms with Crippen LogP contribution < -0.4 is 4.90 Å². The molecule has 0 radical (unpaired) electrons. The number of benzene rings is 1. The normalized spacial score (nSPS) is 17.3. The molecule has 0 bridgehead atoms. The van der Waals surface area contributed by atoms with Gasteiger partial charge in [-0.2, -0.15) is 0 Å². The average molecular weight is 243 g/mol. The molecule has 1 fully saturated rings. The number of aromatic nitrogens is 2. The summed E-state index contributed by atoms with van der Waals surface area (Å²) < 4.78 is 0. The van der Waals surface area contributed by atoms with Crippen molar-refractivity contribution >= 4 is 16.9 Å². The van der Waals surface area contributed by atoms with E-state index in [0.717, 1.165) is 42.8 Å². The molecule has 4 heteroatoms. The Labute approximate surface area is 106 Å². The summed E-state index contributed by atoms with van der Waals surface area (Å²) >= 11 is 0. The van der Waals surface area contributed by atoms with Crippen LogP contribution in [0.2, 0.25) is 0 Å². The van der Waals surface area contributed by atoms with E-state index < -0.39 is 0 Å². The summed E-state index contributed by atoms with van der Waals surface area (Å²) in [6.07, 6.45) is 3.91. The monoisotopic (exact) mass is 243 g/mol. The maximum absolute atomic E-state index is 9.14. The number of para-hydroxylation sites is 2. The van der Waals surface area contributed by atoms with Gasteiger partial charge in [-0.1, -0.05) is 12.1 Å². The number of anilines is 1. The zero-order valence-electron chi connectivity index (χ0n) is 10.3.